The van der Waals surface area contributed by atoms with Crippen LogP contribution in [0.3, 0.4) is 0 Å². The Morgan fingerprint density at radius 1 is 1.09 bits per heavy atom. The first-order valence-corrected chi connectivity index (χ1v) is 12.9. The number of rotatable bonds is 5. The van der Waals surface area contributed by atoms with Crippen LogP contribution in [0.5, 0.6) is 5.75 Å². The summed E-state index contributed by atoms with van der Waals surface area (Å²) >= 11 is 0. The van der Waals surface area contributed by atoms with Gasteiger partial charge in [0.15, 0.2) is 0 Å². The first-order chi connectivity index (χ1) is 17.2. The summed E-state index contributed by atoms with van der Waals surface area (Å²) in [7, 11) is 0. The van der Waals surface area contributed by atoms with Crippen LogP contribution in [0.25, 0.3) is 10.9 Å². The number of benzene rings is 2. The molecular weight excluding hydrogens is 438 g/mol. The zero-order valence-corrected chi connectivity index (χ0v) is 20.2. The molecule has 0 bridgehead atoms. The van der Waals surface area contributed by atoms with Crippen molar-refractivity contribution in [2.75, 3.05) is 32.8 Å². The van der Waals surface area contributed by atoms with Crippen molar-refractivity contribution in [2.45, 2.75) is 44.7 Å². The minimum absolute atomic E-state index is 0.0502. The van der Waals surface area contributed by atoms with Crippen molar-refractivity contribution in [3.63, 3.8) is 0 Å². The van der Waals surface area contributed by atoms with Crippen LogP contribution in [0.4, 0.5) is 0 Å². The molecule has 1 saturated heterocycles. The van der Waals surface area contributed by atoms with Crippen LogP contribution in [-0.4, -0.2) is 58.6 Å². The summed E-state index contributed by atoms with van der Waals surface area (Å²) < 4.78 is 6.05. The molecule has 3 aromatic rings. The Kier molecular flexibility index (Phi) is 6.17. The third-order valence-electron chi connectivity index (χ3n) is 7.62. The van der Waals surface area contributed by atoms with Gasteiger partial charge in [0.05, 0.1) is 17.6 Å². The monoisotopic (exact) mass is 471 g/mol. The zero-order valence-electron chi connectivity index (χ0n) is 20.2. The molecule has 3 aliphatic rings. The Bertz CT molecular complexity index is 1240. The average Bonchev–Trinajstić information content (AvgIpc) is 3.75. The summed E-state index contributed by atoms with van der Waals surface area (Å²) in [5.41, 5.74) is 4.98. The molecule has 6 rings (SSSR count). The number of aliphatic hydroxyl groups excluding tert-OH is 1. The van der Waals surface area contributed by atoms with Crippen molar-refractivity contribution in [3.05, 3.63) is 70.9 Å². The molecule has 6 heteroatoms. The molecule has 6 nitrogen and oxygen atoms in total. The molecule has 1 atom stereocenters. The van der Waals surface area contributed by atoms with Gasteiger partial charge in [-0.3, -0.25) is 14.7 Å². The Balaban J connectivity index is 1.25. The summed E-state index contributed by atoms with van der Waals surface area (Å²) in [5, 5.41) is 10.5. The van der Waals surface area contributed by atoms with Gasteiger partial charge in [0.25, 0.3) is 5.91 Å². The van der Waals surface area contributed by atoms with Crippen molar-refractivity contribution in [2.24, 2.45) is 5.92 Å². The molecule has 1 amide bonds. The Morgan fingerprint density at radius 3 is 2.83 bits per heavy atom. The second kappa shape index (κ2) is 9.59. The van der Waals surface area contributed by atoms with Gasteiger partial charge in [-0.05, 0) is 68.0 Å². The number of carbonyl (C=O) groups excluding carboxylic acids is 1. The number of amides is 1. The minimum atomic E-state index is 0.0502. The number of pyridine rings is 1. The predicted molar refractivity (Wildman–Crippen MR) is 135 cm³/mol. The quantitative estimate of drug-likeness (QED) is 0.599. The lowest BCUT2D eigenvalue weighted by Gasteiger charge is -2.32. The van der Waals surface area contributed by atoms with Gasteiger partial charge >= 0.3 is 0 Å². The normalized spacial score (nSPS) is 20.8. The van der Waals surface area contributed by atoms with Crippen molar-refractivity contribution in [1.82, 2.24) is 14.8 Å². The number of fused-ring (bicyclic) bond motifs is 2. The molecular formula is C29H33N3O3. The maximum atomic E-state index is 13.9. The zero-order chi connectivity index (χ0) is 23.8. The number of nitrogens with zero attached hydrogens (tertiary/aromatic N) is 3. The second-order valence-corrected chi connectivity index (χ2v) is 10.3. The highest BCUT2D eigenvalue weighted by atomic mass is 16.5. The Labute approximate surface area is 206 Å². The van der Waals surface area contributed by atoms with E-state index in [1.807, 2.05) is 35.2 Å². The molecule has 35 heavy (non-hydrogen) atoms. The van der Waals surface area contributed by atoms with Gasteiger partial charge in [-0.2, -0.15) is 0 Å². The van der Waals surface area contributed by atoms with E-state index in [-0.39, 0.29) is 12.5 Å². The lowest BCUT2D eigenvalue weighted by Crippen LogP contribution is -2.36. The van der Waals surface area contributed by atoms with E-state index >= 15 is 0 Å². The fourth-order valence-electron chi connectivity index (χ4n) is 5.55. The van der Waals surface area contributed by atoms with Gasteiger partial charge in [-0.1, -0.05) is 24.3 Å². The lowest BCUT2D eigenvalue weighted by molar-refractivity contribution is 0.0735. The fraction of sp³-hybridized carbons (Fsp3) is 0.448. The molecule has 2 aromatic carbocycles. The molecule has 3 heterocycles. The summed E-state index contributed by atoms with van der Waals surface area (Å²) in [5.74, 6) is 1.78. The van der Waals surface area contributed by atoms with Crippen LogP contribution in [0.1, 0.15) is 58.8 Å². The van der Waals surface area contributed by atoms with Crippen LogP contribution in [0, 0.1) is 5.92 Å². The number of para-hydroxylation sites is 1. The first-order valence-electron chi connectivity index (χ1n) is 12.9. The second-order valence-electron chi connectivity index (χ2n) is 10.3. The van der Waals surface area contributed by atoms with E-state index in [0.29, 0.717) is 31.5 Å². The molecule has 2 fully saturated rings. The molecule has 2 aliphatic heterocycles. The highest BCUT2D eigenvalue weighted by Crippen LogP contribution is 2.40. The van der Waals surface area contributed by atoms with Gasteiger partial charge in [0.2, 0.25) is 0 Å². The lowest BCUT2D eigenvalue weighted by atomic mass is 9.98. The van der Waals surface area contributed by atoms with E-state index < -0.39 is 0 Å². The fourth-order valence-corrected chi connectivity index (χ4v) is 5.55. The number of piperidine rings is 1. The topological polar surface area (TPSA) is 65.9 Å². The van der Waals surface area contributed by atoms with Crippen LogP contribution in [0.2, 0.25) is 0 Å². The highest BCUT2D eigenvalue weighted by Gasteiger charge is 2.29. The molecule has 1 N–H and O–H groups in total. The third-order valence-corrected chi connectivity index (χ3v) is 7.62. The smallest absolute Gasteiger partial charge is 0.255 e. The van der Waals surface area contributed by atoms with Crippen LogP contribution in [0.15, 0.2) is 48.5 Å². The van der Waals surface area contributed by atoms with E-state index in [9.17, 15) is 9.90 Å². The average molecular weight is 472 g/mol. The third kappa shape index (κ3) is 4.78. The van der Waals surface area contributed by atoms with E-state index in [1.54, 1.807) is 0 Å². The van der Waals surface area contributed by atoms with Crippen molar-refractivity contribution < 1.29 is 14.6 Å². The minimum Gasteiger partial charge on any atom is -0.491 e. The van der Waals surface area contributed by atoms with Gasteiger partial charge in [-0.15, -0.1) is 0 Å². The summed E-state index contributed by atoms with van der Waals surface area (Å²) in [6.07, 6.45) is 4.55. The molecule has 0 radical (unpaired) electrons. The number of likely N-dealkylation sites (tertiary alicyclic amines) is 1. The molecule has 182 valence electrons. The van der Waals surface area contributed by atoms with Crippen LogP contribution >= 0.6 is 0 Å². The Morgan fingerprint density at radius 2 is 1.97 bits per heavy atom. The van der Waals surface area contributed by atoms with Gasteiger partial charge in [-0.25, -0.2) is 0 Å². The Hall–Kier alpha value is -2.96. The number of hydrogen-bond donors (Lipinski definition) is 1. The van der Waals surface area contributed by atoms with Gasteiger partial charge in [0.1, 0.15) is 12.4 Å². The standard InChI is InChI=1S/C29H33N3O3/c33-19-21-4-3-11-31(17-21)16-20-7-10-28-23(14-20)18-32(12-13-35-28)29(34)25-15-27(22-8-9-22)30-26-6-2-1-5-24(25)26/h1-2,5-7,10,14-15,21-22,33H,3-4,8-9,11-13,16-19H2. The first kappa shape index (κ1) is 22.5. The molecule has 1 saturated carbocycles. The largest absolute Gasteiger partial charge is 0.491 e. The maximum Gasteiger partial charge on any atom is 0.255 e. The van der Waals surface area contributed by atoms with E-state index in [4.69, 9.17) is 9.72 Å². The summed E-state index contributed by atoms with van der Waals surface area (Å²) in [6.45, 7) is 4.70. The van der Waals surface area contributed by atoms with Gasteiger partial charge in [0, 0.05) is 48.8 Å². The summed E-state index contributed by atoms with van der Waals surface area (Å²) in [4.78, 5) is 23.0. The number of hydrogen-bond acceptors (Lipinski definition) is 5. The van der Waals surface area contributed by atoms with Crippen molar-refractivity contribution >= 4 is 16.8 Å². The van der Waals surface area contributed by atoms with Gasteiger partial charge < -0.3 is 14.7 Å². The van der Waals surface area contributed by atoms with E-state index in [2.05, 4.69) is 23.1 Å². The number of ether oxygens (including phenoxy) is 1. The maximum absolute atomic E-state index is 13.9. The number of aromatic nitrogens is 1. The highest BCUT2D eigenvalue weighted by molar-refractivity contribution is 6.06. The molecule has 1 unspecified atom stereocenters. The number of carbonyl (C=O) groups is 1. The van der Waals surface area contributed by atoms with E-state index in [1.165, 1.54) is 5.56 Å². The number of aliphatic hydroxyl groups is 1. The van der Waals surface area contributed by atoms with Crippen LogP contribution in [-0.2, 0) is 13.1 Å². The molecule has 0 spiro atoms. The van der Waals surface area contributed by atoms with E-state index in [0.717, 1.165) is 78.8 Å². The van der Waals surface area contributed by atoms with Crippen molar-refractivity contribution in [1.29, 1.82) is 0 Å². The van der Waals surface area contributed by atoms with Crippen LogP contribution < -0.4 is 4.74 Å². The predicted octanol–water partition coefficient (Wildman–Crippen LogP) is 4.35. The summed E-state index contributed by atoms with van der Waals surface area (Å²) in [6, 6.07) is 16.4. The van der Waals surface area contributed by atoms with Crippen molar-refractivity contribution in [3.8, 4) is 5.75 Å². The molecule has 1 aliphatic carbocycles. The molecule has 1 aromatic heterocycles. The SMILES string of the molecule is O=C(c1cc(C2CC2)nc2ccccc12)N1CCOc2ccc(CN3CCCC(CO)C3)cc2C1.